The monoisotopic (exact) mass is 478 g/mol. The van der Waals surface area contributed by atoms with Crippen LogP contribution in [-0.4, -0.2) is 77.8 Å². The van der Waals surface area contributed by atoms with Gasteiger partial charge in [-0.25, -0.2) is 9.37 Å². The van der Waals surface area contributed by atoms with Gasteiger partial charge in [-0.15, -0.1) is 0 Å². The molecule has 0 atom stereocenters. The third-order valence-electron chi connectivity index (χ3n) is 6.47. The summed E-state index contributed by atoms with van der Waals surface area (Å²) in [4.78, 5) is 18.9. The molecule has 34 heavy (non-hydrogen) atoms. The molecular weight excluding hydrogens is 451 g/mol. The van der Waals surface area contributed by atoms with Gasteiger partial charge in [-0.3, -0.25) is 14.9 Å². The maximum absolute atomic E-state index is 14.5. The molecule has 4 heterocycles. The zero-order valence-corrected chi connectivity index (χ0v) is 20.0. The van der Waals surface area contributed by atoms with Crippen molar-refractivity contribution in [2.75, 3.05) is 57.7 Å². The average Bonchev–Trinajstić information content (AvgIpc) is 3.35. The van der Waals surface area contributed by atoms with Gasteiger partial charge < -0.3 is 10.2 Å². The highest BCUT2D eigenvalue weighted by Crippen LogP contribution is 2.28. The molecule has 1 saturated heterocycles. The third-order valence-corrected chi connectivity index (χ3v) is 6.70. The van der Waals surface area contributed by atoms with Crippen LogP contribution in [0.25, 0.3) is 16.6 Å². The summed E-state index contributed by atoms with van der Waals surface area (Å²) < 4.78 is 14.5. The smallest absolute Gasteiger partial charge is 0.132 e. The first-order valence-electron chi connectivity index (χ1n) is 11.8. The van der Waals surface area contributed by atoms with Gasteiger partial charge in [-0.2, -0.15) is 0 Å². The lowest BCUT2D eigenvalue weighted by Crippen LogP contribution is -2.47. The Hall–Kier alpha value is -2.87. The minimum absolute atomic E-state index is 0.346. The highest BCUT2D eigenvalue weighted by molar-refractivity contribution is 6.35. The Morgan fingerprint density at radius 2 is 1.85 bits per heavy atom. The fraction of sp³-hybridized carbons (Fsp3) is 0.346. The number of nitrogens with zero attached hydrogens (tertiary/aromatic N) is 5. The second kappa shape index (κ2) is 10.2. The van der Waals surface area contributed by atoms with Crippen LogP contribution in [0.4, 0.5) is 10.1 Å². The van der Waals surface area contributed by atoms with E-state index in [0.717, 1.165) is 73.8 Å². The van der Waals surface area contributed by atoms with Gasteiger partial charge in [0.05, 0.1) is 40.9 Å². The van der Waals surface area contributed by atoms with Gasteiger partial charge in [-0.1, -0.05) is 24.6 Å². The number of halogens is 2. The van der Waals surface area contributed by atoms with E-state index in [9.17, 15) is 4.39 Å². The summed E-state index contributed by atoms with van der Waals surface area (Å²) in [5, 5.41) is 3.96. The Bertz CT molecular complexity index is 1250. The highest BCUT2D eigenvalue weighted by atomic mass is 35.5. The Morgan fingerprint density at radius 3 is 2.68 bits per heavy atom. The lowest BCUT2D eigenvalue weighted by atomic mass is 10.00. The molecule has 0 radical (unpaired) electrons. The quantitative estimate of drug-likeness (QED) is 0.547. The van der Waals surface area contributed by atoms with Crippen LogP contribution in [0.3, 0.4) is 0 Å². The van der Waals surface area contributed by atoms with E-state index in [2.05, 4.69) is 32.0 Å². The van der Waals surface area contributed by atoms with Crippen molar-refractivity contribution >= 4 is 39.6 Å². The number of aromatic nitrogens is 2. The predicted octanol–water partition coefficient (Wildman–Crippen LogP) is 4.36. The molecule has 0 unspecified atom stereocenters. The molecule has 2 aromatic heterocycles. The number of aliphatic imine (C=N–C) groups is 1. The standard InChI is InChI=1S/C26H28ClFN6/c1-2-33-11-13-34(14-12-33)10-9-29-19-16-25-24(31-17-19)6-5-23(32-25)20-7-8-30-26(20)21-15-18(27)3-4-22(21)28/h3-7,15-17,29H,2,8-14H2,1H3. The van der Waals surface area contributed by atoms with Crippen LogP contribution in [-0.2, 0) is 0 Å². The van der Waals surface area contributed by atoms with E-state index in [4.69, 9.17) is 16.6 Å². The summed E-state index contributed by atoms with van der Waals surface area (Å²) >= 11 is 6.11. The molecule has 2 aliphatic heterocycles. The van der Waals surface area contributed by atoms with Gasteiger partial charge in [0.25, 0.3) is 0 Å². The van der Waals surface area contributed by atoms with Crippen LogP contribution in [0, 0.1) is 5.82 Å². The molecule has 1 aromatic carbocycles. The number of likely N-dealkylation sites (N-methyl/N-ethyl adjacent to an activating group) is 1. The number of hydrogen-bond acceptors (Lipinski definition) is 6. The van der Waals surface area contributed by atoms with Crippen LogP contribution in [0.15, 0.2) is 53.7 Å². The van der Waals surface area contributed by atoms with Crippen LogP contribution >= 0.6 is 11.6 Å². The van der Waals surface area contributed by atoms with Gasteiger partial charge >= 0.3 is 0 Å². The number of piperazine rings is 1. The second-order valence-electron chi connectivity index (χ2n) is 8.59. The van der Waals surface area contributed by atoms with E-state index < -0.39 is 0 Å². The summed E-state index contributed by atoms with van der Waals surface area (Å²) in [5.41, 5.74) is 5.08. The van der Waals surface area contributed by atoms with E-state index >= 15 is 0 Å². The number of anilines is 1. The summed E-state index contributed by atoms with van der Waals surface area (Å²) in [5.74, 6) is -0.346. The minimum Gasteiger partial charge on any atom is -0.382 e. The number of nitrogens with one attached hydrogen (secondary N) is 1. The van der Waals surface area contributed by atoms with Crippen molar-refractivity contribution in [2.24, 2.45) is 4.99 Å². The van der Waals surface area contributed by atoms with Crippen LogP contribution < -0.4 is 5.32 Å². The van der Waals surface area contributed by atoms with Crippen molar-refractivity contribution in [2.45, 2.75) is 6.92 Å². The van der Waals surface area contributed by atoms with Crippen LogP contribution in [0.2, 0.25) is 5.02 Å². The van der Waals surface area contributed by atoms with Gasteiger partial charge in [0.1, 0.15) is 5.82 Å². The van der Waals surface area contributed by atoms with E-state index in [0.29, 0.717) is 22.8 Å². The van der Waals surface area contributed by atoms with Crippen molar-refractivity contribution in [3.8, 4) is 0 Å². The van der Waals surface area contributed by atoms with Gasteiger partial charge in [0.15, 0.2) is 0 Å². The molecule has 2 aliphatic rings. The summed E-state index contributed by atoms with van der Waals surface area (Å²) in [6.45, 7) is 10.2. The average molecular weight is 479 g/mol. The lowest BCUT2D eigenvalue weighted by molar-refractivity contribution is 0.141. The summed E-state index contributed by atoms with van der Waals surface area (Å²) in [7, 11) is 0. The molecule has 1 N–H and O–H groups in total. The van der Waals surface area contributed by atoms with Gasteiger partial charge in [0, 0.05) is 55.4 Å². The first-order chi connectivity index (χ1) is 16.6. The first kappa shape index (κ1) is 22.9. The highest BCUT2D eigenvalue weighted by Gasteiger charge is 2.21. The fourth-order valence-electron chi connectivity index (χ4n) is 4.49. The Balaban J connectivity index is 1.29. The van der Waals surface area contributed by atoms with Crippen molar-refractivity contribution in [1.29, 1.82) is 0 Å². The summed E-state index contributed by atoms with van der Waals surface area (Å²) in [6.07, 6.45) is 3.82. The Labute approximate surface area is 204 Å². The molecule has 3 aromatic rings. The number of benzene rings is 1. The second-order valence-corrected chi connectivity index (χ2v) is 9.03. The Kier molecular flexibility index (Phi) is 6.85. The van der Waals surface area contributed by atoms with E-state index in [1.165, 1.54) is 6.07 Å². The normalized spacial score (nSPS) is 17.1. The Morgan fingerprint density at radius 1 is 1.03 bits per heavy atom. The summed E-state index contributed by atoms with van der Waals surface area (Å²) in [6, 6.07) is 10.4. The zero-order chi connectivity index (χ0) is 23.5. The molecule has 0 spiro atoms. The molecular formula is C26H28ClFN6. The van der Waals surface area contributed by atoms with Gasteiger partial charge in [-0.05, 0) is 42.9 Å². The third kappa shape index (κ3) is 4.97. The van der Waals surface area contributed by atoms with Crippen molar-refractivity contribution in [3.63, 3.8) is 0 Å². The number of rotatable bonds is 7. The van der Waals surface area contributed by atoms with Crippen LogP contribution in [0.1, 0.15) is 18.2 Å². The number of fused-ring (bicyclic) bond motifs is 1. The van der Waals surface area contributed by atoms with Crippen molar-refractivity contribution in [1.82, 2.24) is 19.8 Å². The van der Waals surface area contributed by atoms with E-state index in [-0.39, 0.29) is 5.82 Å². The molecule has 0 bridgehead atoms. The molecule has 8 heteroatoms. The largest absolute Gasteiger partial charge is 0.382 e. The molecule has 5 rings (SSSR count). The number of pyridine rings is 2. The molecule has 176 valence electrons. The van der Waals surface area contributed by atoms with Crippen molar-refractivity contribution in [3.05, 3.63) is 70.8 Å². The molecule has 6 nitrogen and oxygen atoms in total. The predicted molar refractivity (Wildman–Crippen MR) is 137 cm³/mol. The topological polar surface area (TPSA) is 56.6 Å². The fourth-order valence-corrected chi connectivity index (χ4v) is 4.66. The molecule has 0 aliphatic carbocycles. The zero-order valence-electron chi connectivity index (χ0n) is 19.3. The molecule has 0 amide bonds. The number of allylic oxidation sites excluding steroid dienone is 1. The minimum atomic E-state index is -0.346. The van der Waals surface area contributed by atoms with Gasteiger partial charge in [0.2, 0.25) is 0 Å². The lowest BCUT2D eigenvalue weighted by Gasteiger charge is -2.34. The van der Waals surface area contributed by atoms with Crippen molar-refractivity contribution < 1.29 is 4.39 Å². The van der Waals surface area contributed by atoms with Crippen LogP contribution in [0.5, 0.6) is 0 Å². The molecule has 0 saturated carbocycles. The maximum Gasteiger partial charge on any atom is 0.132 e. The van der Waals surface area contributed by atoms with E-state index in [1.807, 2.05) is 30.5 Å². The first-order valence-corrected chi connectivity index (χ1v) is 12.1. The number of hydrogen-bond donors (Lipinski definition) is 1. The SMILES string of the molecule is CCN1CCN(CCNc2cnc3ccc(C4=CCN=C4c4cc(Cl)ccc4F)nc3c2)CC1. The maximum atomic E-state index is 14.5. The molecule has 1 fully saturated rings. The van der Waals surface area contributed by atoms with E-state index in [1.54, 1.807) is 12.1 Å².